The molecule has 0 spiro atoms. The van der Waals surface area contributed by atoms with Crippen LogP contribution in [0.5, 0.6) is 0 Å². The van der Waals surface area contributed by atoms with Crippen LogP contribution in [-0.4, -0.2) is 81.7 Å². The van der Waals surface area contributed by atoms with Gasteiger partial charge in [-0.25, -0.2) is 4.79 Å². The van der Waals surface area contributed by atoms with Crippen molar-refractivity contribution in [3.05, 3.63) is 0 Å². The molecule has 0 fully saturated rings. The standard InChI is InChI=1S/C16H27N5O9/c1-7(22)13(18)15(28)19-6-11(24)20-8(3-5-12(25)26)14(27)21-9(16(29)30)2-4-10(17)23/h7-9,13,22H,2-6,18H2,1H3,(H2,17,23)(H,19,28)(H,20,24)(H,21,27)(H,25,26)(H,29,30). The Morgan fingerprint density at radius 2 is 1.47 bits per heavy atom. The molecule has 0 heterocycles. The molecule has 4 unspecified atom stereocenters. The molecule has 0 radical (unpaired) electrons. The fourth-order valence-corrected chi connectivity index (χ4v) is 2.10. The summed E-state index contributed by atoms with van der Waals surface area (Å²) < 4.78 is 0. The zero-order valence-corrected chi connectivity index (χ0v) is 16.3. The number of primary amides is 1. The van der Waals surface area contributed by atoms with Crippen LogP contribution in [0.4, 0.5) is 0 Å². The highest BCUT2D eigenvalue weighted by Gasteiger charge is 2.27. The Bertz CT molecular complexity index is 667. The lowest BCUT2D eigenvalue weighted by molar-refractivity contribution is -0.143. The number of rotatable bonds is 14. The van der Waals surface area contributed by atoms with Crippen LogP contribution in [0.15, 0.2) is 0 Å². The van der Waals surface area contributed by atoms with Gasteiger partial charge in [-0.3, -0.25) is 24.0 Å². The quantitative estimate of drug-likeness (QED) is 0.132. The van der Waals surface area contributed by atoms with E-state index in [1.807, 2.05) is 0 Å². The maximum absolute atomic E-state index is 12.3. The van der Waals surface area contributed by atoms with E-state index in [1.165, 1.54) is 6.92 Å². The van der Waals surface area contributed by atoms with E-state index >= 15 is 0 Å². The van der Waals surface area contributed by atoms with Crippen molar-refractivity contribution in [2.45, 2.75) is 56.8 Å². The van der Waals surface area contributed by atoms with Crippen molar-refractivity contribution in [3.63, 3.8) is 0 Å². The summed E-state index contributed by atoms with van der Waals surface area (Å²) in [6, 6.07) is -4.20. The molecule has 0 saturated heterocycles. The Hall–Kier alpha value is -3.26. The van der Waals surface area contributed by atoms with Crippen molar-refractivity contribution in [3.8, 4) is 0 Å². The number of hydrogen-bond donors (Lipinski definition) is 8. The summed E-state index contributed by atoms with van der Waals surface area (Å²) in [5.74, 6) is -6.19. The Balaban J connectivity index is 5.02. The molecule has 30 heavy (non-hydrogen) atoms. The number of aliphatic hydroxyl groups is 1. The molecule has 0 bridgehead atoms. The highest BCUT2D eigenvalue weighted by molar-refractivity contribution is 5.93. The molecule has 0 rings (SSSR count). The lowest BCUT2D eigenvalue weighted by atomic mass is 10.1. The first-order valence-corrected chi connectivity index (χ1v) is 8.89. The van der Waals surface area contributed by atoms with Crippen LogP contribution in [0.2, 0.25) is 0 Å². The molecule has 0 aliphatic heterocycles. The number of carbonyl (C=O) groups excluding carboxylic acids is 4. The van der Waals surface area contributed by atoms with Crippen molar-refractivity contribution >= 4 is 35.6 Å². The zero-order valence-electron chi connectivity index (χ0n) is 16.3. The van der Waals surface area contributed by atoms with Gasteiger partial charge in [-0.1, -0.05) is 0 Å². The number of carboxylic acid groups (broad SMARTS) is 2. The predicted molar refractivity (Wildman–Crippen MR) is 99.5 cm³/mol. The minimum atomic E-state index is -1.49. The summed E-state index contributed by atoms with van der Waals surface area (Å²) >= 11 is 0. The number of nitrogens with one attached hydrogen (secondary N) is 3. The normalized spacial score (nSPS) is 14.5. The second-order valence-electron chi connectivity index (χ2n) is 6.44. The Kier molecular flexibility index (Phi) is 11.6. The zero-order chi connectivity index (χ0) is 23.4. The van der Waals surface area contributed by atoms with Crippen LogP contribution in [0, 0.1) is 0 Å². The Morgan fingerprint density at radius 3 is 1.93 bits per heavy atom. The number of aliphatic hydroxyl groups excluding tert-OH is 1. The van der Waals surface area contributed by atoms with E-state index in [4.69, 9.17) is 21.7 Å². The van der Waals surface area contributed by atoms with Crippen molar-refractivity contribution in [2.75, 3.05) is 6.54 Å². The van der Waals surface area contributed by atoms with Gasteiger partial charge in [0.1, 0.15) is 18.1 Å². The molecule has 0 saturated carbocycles. The van der Waals surface area contributed by atoms with E-state index in [0.717, 1.165) is 0 Å². The molecule has 0 aliphatic rings. The third-order valence-corrected chi connectivity index (χ3v) is 3.84. The largest absolute Gasteiger partial charge is 0.481 e. The minimum absolute atomic E-state index is 0.302. The maximum Gasteiger partial charge on any atom is 0.326 e. The first-order valence-electron chi connectivity index (χ1n) is 8.89. The first-order chi connectivity index (χ1) is 13.8. The second kappa shape index (κ2) is 13.1. The fourth-order valence-electron chi connectivity index (χ4n) is 2.10. The van der Waals surface area contributed by atoms with E-state index in [9.17, 15) is 33.9 Å². The average Bonchev–Trinajstić information content (AvgIpc) is 2.64. The van der Waals surface area contributed by atoms with Gasteiger partial charge in [0.25, 0.3) is 0 Å². The summed E-state index contributed by atoms with van der Waals surface area (Å²) in [7, 11) is 0. The van der Waals surface area contributed by atoms with Crippen LogP contribution in [-0.2, 0) is 28.8 Å². The van der Waals surface area contributed by atoms with Gasteiger partial charge in [-0.15, -0.1) is 0 Å². The van der Waals surface area contributed by atoms with Gasteiger partial charge < -0.3 is 42.7 Å². The van der Waals surface area contributed by atoms with Crippen molar-refractivity contribution in [1.82, 2.24) is 16.0 Å². The molecule has 14 heteroatoms. The monoisotopic (exact) mass is 433 g/mol. The lowest BCUT2D eigenvalue weighted by Gasteiger charge is -2.21. The molecule has 10 N–H and O–H groups in total. The van der Waals surface area contributed by atoms with Crippen LogP contribution in [0.25, 0.3) is 0 Å². The Morgan fingerprint density at radius 1 is 0.900 bits per heavy atom. The number of nitrogens with two attached hydrogens (primary N) is 2. The summed E-state index contributed by atoms with van der Waals surface area (Å²) in [6.45, 7) is 0.647. The molecule has 0 aromatic carbocycles. The summed E-state index contributed by atoms with van der Waals surface area (Å²) in [6.07, 6.45) is -2.68. The lowest BCUT2D eigenvalue weighted by Crippen LogP contribution is -2.54. The van der Waals surface area contributed by atoms with E-state index in [-0.39, 0.29) is 19.3 Å². The third-order valence-electron chi connectivity index (χ3n) is 3.84. The number of amides is 4. The topological polar surface area (TPSA) is 251 Å². The van der Waals surface area contributed by atoms with Crippen LogP contribution in [0.1, 0.15) is 32.6 Å². The molecular weight excluding hydrogens is 406 g/mol. The van der Waals surface area contributed by atoms with Crippen LogP contribution < -0.4 is 27.4 Å². The van der Waals surface area contributed by atoms with E-state index in [2.05, 4.69) is 16.0 Å². The highest BCUT2D eigenvalue weighted by Crippen LogP contribution is 2.03. The third kappa shape index (κ3) is 10.9. The molecule has 4 amide bonds. The molecule has 0 aromatic heterocycles. The minimum Gasteiger partial charge on any atom is -0.481 e. The summed E-state index contributed by atoms with van der Waals surface area (Å²) in [5.41, 5.74) is 10.3. The van der Waals surface area contributed by atoms with Crippen LogP contribution in [0.3, 0.4) is 0 Å². The van der Waals surface area contributed by atoms with Gasteiger partial charge in [0.2, 0.25) is 23.6 Å². The van der Waals surface area contributed by atoms with Gasteiger partial charge in [-0.2, -0.15) is 0 Å². The first kappa shape index (κ1) is 26.7. The van der Waals surface area contributed by atoms with Crippen molar-refractivity contribution in [2.24, 2.45) is 11.5 Å². The van der Waals surface area contributed by atoms with E-state index < -0.39 is 72.8 Å². The summed E-state index contributed by atoms with van der Waals surface area (Å²) in [4.78, 5) is 68.8. The smallest absolute Gasteiger partial charge is 0.326 e. The molecule has 0 aromatic rings. The van der Waals surface area contributed by atoms with E-state index in [0.29, 0.717) is 0 Å². The van der Waals surface area contributed by atoms with Crippen molar-refractivity contribution in [1.29, 1.82) is 0 Å². The van der Waals surface area contributed by atoms with Crippen LogP contribution >= 0.6 is 0 Å². The number of aliphatic carboxylic acids is 2. The van der Waals surface area contributed by atoms with Gasteiger partial charge in [0.15, 0.2) is 0 Å². The molecule has 14 nitrogen and oxygen atoms in total. The van der Waals surface area contributed by atoms with Gasteiger partial charge in [-0.05, 0) is 19.8 Å². The van der Waals surface area contributed by atoms with E-state index in [1.54, 1.807) is 0 Å². The van der Waals surface area contributed by atoms with Gasteiger partial charge in [0.05, 0.1) is 12.6 Å². The predicted octanol–water partition coefficient (Wildman–Crippen LogP) is -4.00. The number of carboxylic acids is 2. The summed E-state index contributed by atoms with van der Waals surface area (Å²) in [5, 5.41) is 33.6. The molecule has 0 aliphatic carbocycles. The Labute approximate surface area is 171 Å². The van der Waals surface area contributed by atoms with Gasteiger partial charge >= 0.3 is 11.9 Å². The van der Waals surface area contributed by atoms with Crippen molar-refractivity contribution < 1.29 is 44.1 Å². The fraction of sp³-hybridized carbons (Fsp3) is 0.625. The average molecular weight is 433 g/mol. The molecule has 4 atom stereocenters. The molecular formula is C16H27N5O9. The van der Waals surface area contributed by atoms with Gasteiger partial charge in [0, 0.05) is 12.8 Å². The highest BCUT2D eigenvalue weighted by atomic mass is 16.4. The molecule has 170 valence electrons. The maximum atomic E-state index is 12.3. The second-order valence-corrected chi connectivity index (χ2v) is 6.44. The number of carbonyl (C=O) groups is 6. The number of hydrogen-bond acceptors (Lipinski definition) is 8. The SMILES string of the molecule is CC(O)C(N)C(=O)NCC(=O)NC(CCC(=O)O)C(=O)NC(CCC(N)=O)C(=O)O.